The summed E-state index contributed by atoms with van der Waals surface area (Å²) < 4.78 is 0. The minimum absolute atomic E-state index is 0.522. The third-order valence-electron chi connectivity index (χ3n) is 2.61. The molecule has 82 valence electrons. The van der Waals surface area contributed by atoms with Crippen LogP contribution in [0.25, 0.3) is 0 Å². The maximum atomic E-state index is 11.1. The summed E-state index contributed by atoms with van der Waals surface area (Å²) in [5, 5.41) is 8.95. The standard InChI is InChI=1S/C10H19NO3/c1-4-5-6-7(8(11)12)10(2,3)9(13)14/h7H,4-6H2,1-3H3,(H2,11,12)(H,13,14)/t7-/m0/s1. The molecule has 0 aromatic heterocycles. The third kappa shape index (κ3) is 3.01. The molecule has 4 nitrogen and oxygen atoms in total. The molecular formula is C10H19NO3. The monoisotopic (exact) mass is 201 g/mol. The first kappa shape index (κ1) is 12.9. The van der Waals surface area contributed by atoms with Crippen molar-refractivity contribution < 1.29 is 14.7 Å². The van der Waals surface area contributed by atoms with Gasteiger partial charge in [0, 0.05) is 0 Å². The number of nitrogens with two attached hydrogens (primary N) is 1. The molecule has 0 aromatic rings. The van der Waals surface area contributed by atoms with Gasteiger partial charge in [0.15, 0.2) is 0 Å². The summed E-state index contributed by atoms with van der Waals surface area (Å²) in [4.78, 5) is 22.0. The minimum atomic E-state index is -1.07. The van der Waals surface area contributed by atoms with Crippen LogP contribution in [-0.4, -0.2) is 17.0 Å². The molecule has 4 heteroatoms. The maximum absolute atomic E-state index is 11.1. The van der Waals surface area contributed by atoms with Gasteiger partial charge in [0.05, 0.1) is 11.3 Å². The van der Waals surface area contributed by atoms with Gasteiger partial charge in [-0.2, -0.15) is 0 Å². The lowest BCUT2D eigenvalue weighted by atomic mass is 9.76. The molecule has 0 unspecified atom stereocenters. The molecule has 0 heterocycles. The number of amides is 1. The van der Waals surface area contributed by atoms with E-state index in [0.29, 0.717) is 6.42 Å². The smallest absolute Gasteiger partial charge is 0.309 e. The number of carbonyl (C=O) groups is 2. The highest BCUT2D eigenvalue weighted by Crippen LogP contribution is 2.30. The molecule has 0 aliphatic carbocycles. The molecule has 0 aliphatic heterocycles. The number of hydrogen-bond acceptors (Lipinski definition) is 2. The van der Waals surface area contributed by atoms with E-state index in [1.165, 1.54) is 0 Å². The Morgan fingerprint density at radius 1 is 1.43 bits per heavy atom. The lowest BCUT2D eigenvalue weighted by Gasteiger charge is -2.27. The maximum Gasteiger partial charge on any atom is 0.309 e. The number of carbonyl (C=O) groups excluding carboxylic acids is 1. The van der Waals surface area contributed by atoms with E-state index in [1.54, 1.807) is 13.8 Å². The Labute approximate surface area is 84.5 Å². The van der Waals surface area contributed by atoms with Gasteiger partial charge in [-0.05, 0) is 20.3 Å². The molecule has 0 aliphatic rings. The molecule has 1 amide bonds. The highest BCUT2D eigenvalue weighted by molar-refractivity contribution is 5.85. The number of carboxylic acids is 1. The first-order valence-electron chi connectivity index (χ1n) is 4.86. The predicted octanol–water partition coefficient (Wildman–Crippen LogP) is 1.39. The molecule has 0 saturated heterocycles. The highest BCUT2D eigenvalue weighted by atomic mass is 16.4. The molecule has 0 rings (SSSR count). The number of hydrogen-bond donors (Lipinski definition) is 2. The topological polar surface area (TPSA) is 80.4 Å². The molecule has 1 atom stereocenters. The number of carboxylic acid groups (broad SMARTS) is 1. The van der Waals surface area contributed by atoms with E-state index in [0.717, 1.165) is 12.8 Å². The Hall–Kier alpha value is -1.06. The minimum Gasteiger partial charge on any atom is -0.481 e. The van der Waals surface area contributed by atoms with Gasteiger partial charge < -0.3 is 10.8 Å². The fraction of sp³-hybridized carbons (Fsp3) is 0.800. The van der Waals surface area contributed by atoms with E-state index in [1.807, 2.05) is 6.92 Å². The SMILES string of the molecule is CCCC[C@@H](C(N)=O)C(C)(C)C(=O)O. The van der Waals surface area contributed by atoms with Crippen LogP contribution >= 0.6 is 0 Å². The Kier molecular flexibility index (Phi) is 4.60. The summed E-state index contributed by atoms with van der Waals surface area (Å²) in [7, 11) is 0. The van der Waals surface area contributed by atoms with Crippen molar-refractivity contribution >= 4 is 11.9 Å². The van der Waals surface area contributed by atoms with Crippen molar-refractivity contribution in [2.45, 2.75) is 40.0 Å². The summed E-state index contributed by atoms with van der Waals surface area (Å²) >= 11 is 0. The quantitative estimate of drug-likeness (QED) is 0.681. The Morgan fingerprint density at radius 2 is 1.93 bits per heavy atom. The van der Waals surface area contributed by atoms with E-state index in [9.17, 15) is 9.59 Å². The number of aliphatic carboxylic acids is 1. The Bertz CT molecular complexity index is 223. The summed E-state index contributed by atoms with van der Waals surface area (Å²) in [5.74, 6) is -2.08. The summed E-state index contributed by atoms with van der Waals surface area (Å²) in [6, 6.07) is 0. The van der Waals surface area contributed by atoms with Crippen LogP contribution in [0.1, 0.15) is 40.0 Å². The van der Waals surface area contributed by atoms with Crippen LogP contribution in [0, 0.1) is 11.3 Å². The molecule has 0 bridgehead atoms. The molecule has 0 spiro atoms. The average Bonchev–Trinajstić information content (AvgIpc) is 2.03. The molecule has 3 N–H and O–H groups in total. The van der Waals surface area contributed by atoms with Crippen LogP contribution in [0.15, 0.2) is 0 Å². The third-order valence-corrected chi connectivity index (χ3v) is 2.61. The van der Waals surface area contributed by atoms with Crippen molar-refractivity contribution in [2.24, 2.45) is 17.1 Å². The second kappa shape index (κ2) is 4.98. The van der Waals surface area contributed by atoms with Gasteiger partial charge in [0.25, 0.3) is 0 Å². The van der Waals surface area contributed by atoms with Crippen LogP contribution in [0.2, 0.25) is 0 Å². The fourth-order valence-corrected chi connectivity index (χ4v) is 1.42. The fourth-order valence-electron chi connectivity index (χ4n) is 1.42. The lowest BCUT2D eigenvalue weighted by Crippen LogP contribution is -2.41. The molecule has 0 saturated carbocycles. The van der Waals surface area contributed by atoms with E-state index in [4.69, 9.17) is 10.8 Å². The van der Waals surface area contributed by atoms with E-state index in [2.05, 4.69) is 0 Å². The first-order chi connectivity index (χ1) is 6.34. The van der Waals surface area contributed by atoms with E-state index < -0.39 is 23.2 Å². The van der Waals surface area contributed by atoms with Crippen molar-refractivity contribution in [3.63, 3.8) is 0 Å². The second-order valence-corrected chi connectivity index (χ2v) is 4.12. The van der Waals surface area contributed by atoms with Crippen molar-refractivity contribution in [3.8, 4) is 0 Å². The predicted molar refractivity (Wildman–Crippen MR) is 53.6 cm³/mol. The summed E-state index contributed by atoms with van der Waals surface area (Å²) in [6.45, 7) is 5.08. The largest absolute Gasteiger partial charge is 0.481 e. The molecule has 0 fully saturated rings. The van der Waals surface area contributed by atoms with E-state index in [-0.39, 0.29) is 0 Å². The van der Waals surface area contributed by atoms with Gasteiger partial charge in [-0.15, -0.1) is 0 Å². The van der Waals surface area contributed by atoms with E-state index >= 15 is 0 Å². The number of primary amides is 1. The lowest BCUT2D eigenvalue weighted by molar-refractivity contribution is -0.153. The second-order valence-electron chi connectivity index (χ2n) is 4.12. The number of rotatable bonds is 6. The van der Waals surface area contributed by atoms with Crippen LogP contribution < -0.4 is 5.73 Å². The van der Waals surface area contributed by atoms with Crippen LogP contribution in [0.5, 0.6) is 0 Å². The molecule has 14 heavy (non-hydrogen) atoms. The zero-order chi connectivity index (χ0) is 11.4. The van der Waals surface area contributed by atoms with Crippen molar-refractivity contribution in [3.05, 3.63) is 0 Å². The highest BCUT2D eigenvalue weighted by Gasteiger charge is 2.39. The Morgan fingerprint density at radius 3 is 2.21 bits per heavy atom. The first-order valence-corrected chi connectivity index (χ1v) is 4.86. The van der Waals surface area contributed by atoms with Gasteiger partial charge in [-0.25, -0.2) is 0 Å². The zero-order valence-corrected chi connectivity index (χ0v) is 9.04. The van der Waals surface area contributed by atoms with Gasteiger partial charge in [0.2, 0.25) is 5.91 Å². The summed E-state index contributed by atoms with van der Waals surface area (Å²) in [6.07, 6.45) is 2.30. The van der Waals surface area contributed by atoms with Gasteiger partial charge in [-0.3, -0.25) is 9.59 Å². The molecule has 0 aromatic carbocycles. The van der Waals surface area contributed by atoms with Crippen molar-refractivity contribution in [1.82, 2.24) is 0 Å². The van der Waals surface area contributed by atoms with Crippen LogP contribution in [0.4, 0.5) is 0 Å². The molecule has 0 radical (unpaired) electrons. The summed E-state index contributed by atoms with van der Waals surface area (Å²) in [5.41, 5.74) is 4.13. The van der Waals surface area contributed by atoms with Crippen LogP contribution in [0.3, 0.4) is 0 Å². The average molecular weight is 201 g/mol. The normalized spacial score (nSPS) is 13.6. The zero-order valence-electron chi connectivity index (χ0n) is 9.04. The molecular weight excluding hydrogens is 182 g/mol. The van der Waals surface area contributed by atoms with Gasteiger partial charge >= 0.3 is 5.97 Å². The van der Waals surface area contributed by atoms with Gasteiger partial charge in [0.1, 0.15) is 0 Å². The van der Waals surface area contributed by atoms with Crippen molar-refractivity contribution in [2.75, 3.05) is 0 Å². The van der Waals surface area contributed by atoms with Gasteiger partial charge in [-0.1, -0.05) is 19.8 Å². The number of unbranched alkanes of at least 4 members (excludes halogenated alkanes) is 1. The van der Waals surface area contributed by atoms with Crippen molar-refractivity contribution in [1.29, 1.82) is 0 Å². The van der Waals surface area contributed by atoms with Crippen LogP contribution in [-0.2, 0) is 9.59 Å². The Balaban J connectivity index is 4.64.